The van der Waals surface area contributed by atoms with Crippen LogP contribution >= 0.6 is 0 Å². The number of amides is 5. The fraction of sp³-hybridized carbons (Fsp3) is 0.324. The number of likely N-dealkylation sites (tertiary alicyclic amines) is 1. The molecule has 48 heavy (non-hydrogen) atoms. The van der Waals surface area contributed by atoms with E-state index in [4.69, 9.17) is 4.74 Å². The van der Waals surface area contributed by atoms with Crippen LogP contribution in [0.2, 0.25) is 0 Å². The number of carbonyl (C=O) groups is 4. The summed E-state index contributed by atoms with van der Waals surface area (Å²) in [6, 6.07) is 21.3. The molecule has 5 rings (SSSR count). The van der Waals surface area contributed by atoms with Gasteiger partial charge in [-0.1, -0.05) is 59.7 Å². The van der Waals surface area contributed by atoms with Crippen LogP contribution in [0.5, 0.6) is 5.75 Å². The topological polar surface area (TPSA) is 183 Å². The van der Waals surface area contributed by atoms with Crippen molar-refractivity contribution in [3.8, 4) is 5.75 Å². The molecule has 3 unspecified atom stereocenters. The fourth-order valence-corrected chi connectivity index (χ4v) is 5.86. The Labute approximate surface area is 278 Å². The van der Waals surface area contributed by atoms with Crippen LogP contribution in [0.25, 0.3) is 0 Å². The number of carbonyl (C=O) groups excluding carboxylic acids is 4. The average molecular weight is 654 g/mol. The molecule has 2 heterocycles. The molecule has 1 saturated heterocycles. The molecule has 3 atom stereocenters. The van der Waals surface area contributed by atoms with E-state index in [0.717, 1.165) is 11.1 Å². The molecule has 0 spiro atoms. The van der Waals surface area contributed by atoms with E-state index in [2.05, 4.69) is 41.9 Å². The number of nitrogens with zero attached hydrogens (tertiary/aromatic N) is 4. The molecule has 5 amide bonds. The molecule has 0 bridgehead atoms. The highest BCUT2D eigenvalue weighted by Crippen LogP contribution is 2.41. The van der Waals surface area contributed by atoms with Crippen molar-refractivity contribution in [2.45, 2.75) is 57.2 Å². The third-order valence-corrected chi connectivity index (χ3v) is 7.84. The molecular formula is C34H39N9O5. The summed E-state index contributed by atoms with van der Waals surface area (Å²) in [6.45, 7) is 5.42. The Bertz CT molecular complexity index is 1740. The molecule has 1 aliphatic heterocycles. The number of nitrogens with one attached hydrogen (secondary N) is 5. The van der Waals surface area contributed by atoms with Crippen LogP contribution in [0.3, 0.4) is 0 Å². The average Bonchev–Trinajstić information content (AvgIpc) is 3.53. The first kappa shape index (κ1) is 33.6. The van der Waals surface area contributed by atoms with Crippen molar-refractivity contribution >= 4 is 35.4 Å². The quantitative estimate of drug-likeness (QED) is 0.179. The lowest BCUT2D eigenvalue weighted by Crippen LogP contribution is -2.53. The number of aromatic nitrogens is 4. The standard InChI is InChI=1S/C34H39N9O5/c1-34(2,3)38-29(44)20-43-27(21-11-6-5-7-12-21)19-23(25-15-8-9-16-28(25)48-4)18-26(31(43)46)36-33(47)35-24-14-10-13-22(17-24)30(45)37-32-39-41-42-40-32/h5-17,23,26-27H,18-20H2,1-4H3,(H,38,44)(H2,35,36,47)(H2,37,39,40,41,42,45). The summed E-state index contributed by atoms with van der Waals surface area (Å²) in [5.41, 5.74) is 1.82. The first-order valence-corrected chi connectivity index (χ1v) is 15.5. The van der Waals surface area contributed by atoms with Crippen molar-refractivity contribution in [1.82, 2.24) is 36.2 Å². The maximum atomic E-state index is 14.4. The van der Waals surface area contributed by atoms with Gasteiger partial charge < -0.3 is 25.6 Å². The lowest BCUT2D eigenvalue weighted by atomic mass is 9.86. The van der Waals surface area contributed by atoms with Gasteiger partial charge in [0, 0.05) is 16.8 Å². The van der Waals surface area contributed by atoms with Crippen molar-refractivity contribution < 1.29 is 23.9 Å². The minimum atomic E-state index is -0.999. The molecule has 1 aliphatic rings. The van der Waals surface area contributed by atoms with Crippen LogP contribution in [0.1, 0.15) is 67.1 Å². The van der Waals surface area contributed by atoms with Gasteiger partial charge in [-0.25, -0.2) is 9.89 Å². The van der Waals surface area contributed by atoms with Crippen LogP contribution in [-0.4, -0.2) is 74.5 Å². The second-order valence-corrected chi connectivity index (χ2v) is 12.5. The molecule has 3 aromatic carbocycles. The van der Waals surface area contributed by atoms with Crippen molar-refractivity contribution in [2.24, 2.45) is 0 Å². The van der Waals surface area contributed by atoms with E-state index in [1.54, 1.807) is 30.2 Å². The Balaban J connectivity index is 1.44. The number of aromatic amines is 1. The number of rotatable bonds is 9. The largest absolute Gasteiger partial charge is 0.496 e. The zero-order valence-corrected chi connectivity index (χ0v) is 27.2. The van der Waals surface area contributed by atoms with Gasteiger partial charge in [0.15, 0.2) is 0 Å². The van der Waals surface area contributed by atoms with Crippen LogP contribution in [-0.2, 0) is 9.59 Å². The molecule has 1 aromatic heterocycles. The Morgan fingerprint density at radius 1 is 0.958 bits per heavy atom. The number of tetrazole rings is 1. The van der Waals surface area contributed by atoms with Crippen molar-refractivity contribution in [3.05, 3.63) is 95.6 Å². The first-order valence-electron chi connectivity index (χ1n) is 15.5. The molecule has 14 heteroatoms. The van der Waals surface area contributed by atoms with Gasteiger partial charge in [0.1, 0.15) is 18.3 Å². The number of hydrogen-bond donors (Lipinski definition) is 5. The number of methoxy groups -OCH3 is 1. The smallest absolute Gasteiger partial charge is 0.319 e. The number of anilines is 2. The summed E-state index contributed by atoms with van der Waals surface area (Å²) in [4.78, 5) is 55.5. The minimum Gasteiger partial charge on any atom is -0.496 e. The second-order valence-electron chi connectivity index (χ2n) is 12.5. The van der Waals surface area contributed by atoms with Crippen LogP contribution < -0.4 is 26.0 Å². The maximum absolute atomic E-state index is 14.4. The van der Waals surface area contributed by atoms with Crippen molar-refractivity contribution in [2.75, 3.05) is 24.3 Å². The Kier molecular flexibility index (Phi) is 10.3. The Morgan fingerprint density at radius 3 is 2.42 bits per heavy atom. The summed E-state index contributed by atoms with van der Waals surface area (Å²) in [5.74, 6) is -0.690. The number of urea groups is 1. The van der Waals surface area contributed by atoms with Gasteiger partial charge in [-0.3, -0.25) is 19.7 Å². The van der Waals surface area contributed by atoms with Gasteiger partial charge >= 0.3 is 6.03 Å². The monoisotopic (exact) mass is 653 g/mol. The number of hydrogen-bond acceptors (Lipinski definition) is 8. The van der Waals surface area contributed by atoms with Gasteiger partial charge in [0.25, 0.3) is 5.91 Å². The zero-order valence-electron chi connectivity index (χ0n) is 27.2. The lowest BCUT2D eigenvalue weighted by Gasteiger charge is -2.33. The fourth-order valence-electron chi connectivity index (χ4n) is 5.86. The zero-order chi connectivity index (χ0) is 34.3. The van der Waals surface area contributed by atoms with Crippen LogP contribution in [0.4, 0.5) is 16.4 Å². The van der Waals surface area contributed by atoms with Crippen molar-refractivity contribution in [1.29, 1.82) is 0 Å². The van der Waals surface area contributed by atoms with E-state index in [-0.39, 0.29) is 36.3 Å². The highest BCUT2D eigenvalue weighted by Gasteiger charge is 2.40. The lowest BCUT2D eigenvalue weighted by molar-refractivity contribution is -0.139. The van der Waals surface area contributed by atoms with Crippen LogP contribution in [0.15, 0.2) is 78.9 Å². The van der Waals surface area contributed by atoms with Gasteiger partial charge in [-0.05, 0) is 85.3 Å². The van der Waals surface area contributed by atoms with Gasteiger partial charge in [-0.15, -0.1) is 0 Å². The maximum Gasteiger partial charge on any atom is 0.319 e. The van der Waals surface area contributed by atoms with E-state index in [9.17, 15) is 19.2 Å². The third kappa shape index (κ3) is 8.51. The normalized spacial score (nSPS) is 18.0. The van der Waals surface area contributed by atoms with Gasteiger partial charge in [0.05, 0.1) is 13.2 Å². The van der Waals surface area contributed by atoms with E-state index >= 15 is 0 Å². The SMILES string of the molecule is COc1ccccc1C1CC(NC(=O)Nc2cccc(C(=O)Nc3nnn[nH]3)c2)C(=O)N(CC(=O)NC(C)(C)C)C(c2ccccc2)C1. The molecule has 14 nitrogen and oxygen atoms in total. The van der Waals surface area contributed by atoms with E-state index in [1.165, 1.54) is 6.07 Å². The Hall–Kier alpha value is -5.79. The Morgan fingerprint density at radius 2 is 1.71 bits per heavy atom. The summed E-state index contributed by atoms with van der Waals surface area (Å²) in [5, 5.41) is 24.0. The van der Waals surface area contributed by atoms with Gasteiger partial charge in [-0.2, -0.15) is 0 Å². The van der Waals surface area contributed by atoms with Crippen LogP contribution in [0, 0.1) is 0 Å². The molecule has 5 N–H and O–H groups in total. The molecule has 0 radical (unpaired) electrons. The molecule has 0 aliphatic carbocycles. The van der Waals surface area contributed by atoms with E-state index < -0.39 is 35.5 Å². The predicted molar refractivity (Wildman–Crippen MR) is 178 cm³/mol. The summed E-state index contributed by atoms with van der Waals surface area (Å²) < 4.78 is 5.70. The van der Waals surface area contributed by atoms with E-state index in [1.807, 2.05) is 75.4 Å². The molecule has 1 fully saturated rings. The van der Waals surface area contributed by atoms with Gasteiger partial charge in [0.2, 0.25) is 17.8 Å². The highest BCUT2D eigenvalue weighted by atomic mass is 16.5. The number of H-pyrrole nitrogens is 1. The minimum absolute atomic E-state index is 0.0714. The molecule has 250 valence electrons. The summed E-state index contributed by atoms with van der Waals surface area (Å²) >= 11 is 0. The summed E-state index contributed by atoms with van der Waals surface area (Å²) in [7, 11) is 1.60. The van der Waals surface area contributed by atoms with E-state index in [0.29, 0.717) is 17.9 Å². The summed E-state index contributed by atoms with van der Waals surface area (Å²) in [6.07, 6.45) is 0.734. The molecule has 4 aromatic rings. The number of ether oxygens (including phenoxy) is 1. The highest BCUT2D eigenvalue weighted by molar-refractivity contribution is 6.04. The molecular weight excluding hydrogens is 614 g/mol. The number of benzene rings is 3. The number of para-hydroxylation sites is 1. The third-order valence-electron chi connectivity index (χ3n) is 7.84. The predicted octanol–water partition coefficient (Wildman–Crippen LogP) is 4.01. The first-order chi connectivity index (χ1) is 23.0. The molecule has 0 saturated carbocycles. The van der Waals surface area contributed by atoms with Crippen molar-refractivity contribution in [3.63, 3.8) is 0 Å². The second kappa shape index (κ2) is 14.8.